The Morgan fingerprint density at radius 2 is 1.04 bits per heavy atom. The van der Waals surface area contributed by atoms with Gasteiger partial charge >= 0.3 is 163 Å². The maximum atomic E-state index is 2.62. The van der Waals surface area contributed by atoms with Gasteiger partial charge in [-0.15, -0.1) is 24.8 Å². The van der Waals surface area contributed by atoms with Crippen LogP contribution in [0, 0.1) is 27.7 Å². The third-order valence-electron chi connectivity index (χ3n) is 7.50. The molecule has 1 saturated heterocycles. The maximum Gasteiger partial charge on any atom is -0.147 e. The second-order valence-electron chi connectivity index (χ2n) is 8.81. The van der Waals surface area contributed by atoms with Crippen LogP contribution < -0.4 is 0 Å². The molecule has 0 radical (unpaired) electrons. The molecule has 3 aliphatic rings. The van der Waals surface area contributed by atoms with E-state index in [-0.39, 0.29) is 24.8 Å². The summed E-state index contributed by atoms with van der Waals surface area (Å²) in [5.74, 6) is 0. The van der Waals surface area contributed by atoms with Gasteiger partial charge < -0.3 is 0 Å². The largest absolute Gasteiger partial charge is 0.147 e. The minimum Gasteiger partial charge on any atom is -0.147 e. The molecule has 0 saturated carbocycles. The SMILES string of the molecule is Cc1ccc(C)c2c1C=C[CH]2[Zr]1([CH]2C=Cc3c(C)ccc(C)c32)[CH2]C[CH2]1.Cl.Cl. The van der Waals surface area contributed by atoms with Crippen LogP contribution in [0.2, 0.25) is 8.26 Å². The first-order chi connectivity index (χ1) is 12.5. The quantitative estimate of drug-likeness (QED) is 0.398. The van der Waals surface area contributed by atoms with Gasteiger partial charge in [-0.25, -0.2) is 0 Å². The molecule has 0 bridgehead atoms. The van der Waals surface area contributed by atoms with Crippen LogP contribution in [0.15, 0.2) is 36.4 Å². The fourth-order valence-corrected chi connectivity index (χ4v) is 19.9. The van der Waals surface area contributed by atoms with E-state index in [1.54, 1.807) is 30.5 Å². The number of allylic oxidation sites excluding steroid dienone is 2. The topological polar surface area (TPSA) is 0 Å². The fourth-order valence-electron chi connectivity index (χ4n) is 5.91. The van der Waals surface area contributed by atoms with Crippen LogP contribution in [0.4, 0.5) is 0 Å². The smallest absolute Gasteiger partial charge is 0.147 e. The second-order valence-corrected chi connectivity index (χ2v) is 20.4. The first-order valence-electron chi connectivity index (χ1n) is 10.1. The van der Waals surface area contributed by atoms with Crippen molar-refractivity contribution in [3.8, 4) is 0 Å². The number of halogens is 2. The van der Waals surface area contributed by atoms with Gasteiger partial charge in [-0.1, -0.05) is 0 Å². The Labute approximate surface area is 186 Å². The van der Waals surface area contributed by atoms with Gasteiger partial charge in [0.05, 0.1) is 0 Å². The van der Waals surface area contributed by atoms with E-state index in [4.69, 9.17) is 0 Å². The molecule has 0 aromatic heterocycles. The number of rotatable bonds is 2. The summed E-state index contributed by atoms with van der Waals surface area (Å²) in [7, 11) is 0. The van der Waals surface area contributed by atoms with Gasteiger partial charge in [-0.3, -0.25) is 0 Å². The summed E-state index contributed by atoms with van der Waals surface area (Å²) in [6, 6.07) is 9.34. The van der Waals surface area contributed by atoms with Crippen molar-refractivity contribution < 1.29 is 20.3 Å². The second kappa shape index (κ2) is 7.90. The van der Waals surface area contributed by atoms with E-state index in [0.29, 0.717) is 0 Å². The Balaban J connectivity index is 0.00000112. The number of hydrogen-bond donors (Lipinski definition) is 0. The third-order valence-corrected chi connectivity index (χ3v) is 22.3. The van der Waals surface area contributed by atoms with Gasteiger partial charge in [0.2, 0.25) is 0 Å². The summed E-state index contributed by atoms with van der Waals surface area (Å²) in [6.07, 6.45) is 11.6. The molecular weight excluding hydrogens is 462 g/mol. The molecule has 5 rings (SSSR count). The predicted molar refractivity (Wildman–Crippen MR) is 124 cm³/mol. The third kappa shape index (κ3) is 2.96. The van der Waals surface area contributed by atoms with Crippen molar-refractivity contribution in [2.75, 3.05) is 0 Å². The molecule has 0 N–H and O–H groups in total. The standard InChI is InChI=1S/2C11H11.C3H6.2ClH.Zr/c2*1-8-6-7-9(2)11-5-3-4-10(8)11;1-3-2;;;/h2*3-7H,1-2H3;1-3H2;2*1H;. The summed E-state index contributed by atoms with van der Waals surface area (Å²) in [6.45, 7) is 9.24. The van der Waals surface area contributed by atoms with Crippen molar-refractivity contribution in [2.45, 2.75) is 49.6 Å². The monoisotopic (exact) mass is 490 g/mol. The zero-order valence-corrected chi connectivity index (χ0v) is 21.3. The maximum absolute atomic E-state index is 2.62. The molecule has 2 aromatic carbocycles. The van der Waals surface area contributed by atoms with E-state index in [2.05, 4.69) is 76.3 Å². The molecule has 148 valence electrons. The first-order valence-corrected chi connectivity index (χ1v) is 16.4. The summed E-state index contributed by atoms with van der Waals surface area (Å²) < 4.78 is 4.65. The fraction of sp³-hybridized carbons (Fsp3) is 0.360. The van der Waals surface area contributed by atoms with E-state index >= 15 is 0 Å². The van der Waals surface area contributed by atoms with Crippen LogP contribution in [0.5, 0.6) is 0 Å². The van der Waals surface area contributed by atoms with Crippen molar-refractivity contribution in [2.24, 2.45) is 0 Å². The molecule has 2 aliphatic carbocycles. The summed E-state index contributed by atoms with van der Waals surface area (Å²) >= 11 is -2.39. The van der Waals surface area contributed by atoms with Crippen molar-refractivity contribution >= 4 is 37.0 Å². The van der Waals surface area contributed by atoms with E-state index in [1.807, 2.05) is 0 Å². The van der Waals surface area contributed by atoms with E-state index in [9.17, 15) is 0 Å². The van der Waals surface area contributed by atoms with Crippen molar-refractivity contribution in [1.29, 1.82) is 0 Å². The number of fused-ring (bicyclic) bond motifs is 2. The Bertz CT molecular complexity index is 907. The molecule has 1 heterocycles. The van der Waals surface area contributed by atoms with Crippen LogP contribution in [-0.4, -0.2) is 0 Å². The number of aryl methyl sites for hydroxylation is 4. The molecule has 2 atom stereocenters. The van der Waals surface area contributed by atoms with Crippen LogP contribution in [0.3, 0.4) is 0 Å². The molecular formula is C25H30Cl2Zr. The predicted octanol–water partition coefficient (Wildman–Crippen LogP) is 7.99. The minimum atomic E-state index is -2.39. The molecule has 2 unspecified atom stereocenters. The Morgan fingerprint density at radius 1 is 0.643 bits per heavy atom. The van der Waals surface area contributed by atoms with Crippen LogP contribution >= 0.6 is 24.8 Å². The van der Waals surface area contributed by atoms with Crippen molar-refractivity contribution in [3.05, 3.63) is 80.9 Å². The molecule has 28 heavy (non-hydrogen) atoms. The van der Waals surface area contributed by atoms with E-state index in [0.717, 1.165) is 7.25 Å². The number of benzene rings is 2. The zero-order chi connectivity index (χ0) is 18.1. The molecule has 0 amide bonds. The van der Waals surface area contributed by atoms with Crippen molar-refractivity contribution in [1.82, 2.24) is 0 Å². The molecule has 0 spiro atoms. The average Bonchev–Trinajstić information content (AvgIpc) is 3.21. The first kappa shape index (κ1) is 22.1. The summed E-state index contributed by atoms with van der Waals surface area (Å²) in [5, 5.41) is 0. The van der Waals surface area contributed by atoms with Crippen LogP contribution in [-0.2, 0) is 20.3 Å². The average molecular weight is 493 g/mol. The Morgan fingerprint density at radius 3 is 1.39 bits per heavy atom. The Kier molecular flexibility index (Phi) is 6.23. The van der Waals surface area contributed by atoms with Gasteiger partial charge in [0.1, 0.15) is 0 Å². The summed E-state index contributed by atoms with van der Waals surface area (Å²) in [5.41, 5.74) is 12.4. The van der Waals surface area contributed by atoms with Gasteiger partial charge in [0.25, 0.3) is 0 Å². The Hall–Kier alpha value is -0.617. The van der Waals surface area contributed by atoms with Gasteiger partial charge in [-0.2, -0.15) is 0 Å². The molecule has 2 aromatic rings. The minimum absolute atomic E-state index is 0. The molecule has 0 nitrogen and oxygen atoms in total. The molecule has 1 fully saturated rings. The van der Waals surface area contributed by atoms with Crippen LogP contribution in [0.1, 0.15) is 58.2 Å². The van der Waals surface area contributed by atoms with Gasteiger partial charge in [0, 0.05) is 0 Å². The molecule has 3 heteroatoms. The number of hydrogen-bond acceptors (Lipinski definition) is 0. The normalized spacial score (nSPS) is 22.7. The van der Waals surface area contributed by atoms with E-state index < -0.39 is 20.3 Å². The zero-order valence-electron chi connectivity index (χ0n) is 17.2. The summed E-state index contributed by atoms with van der Waals surface area (Å²) in [4.78, 5) is 0. The van der Waals surface area contributed by atoms with Gasteiger partial charge in [-0.05, 0) is 0 Å². The molecule has 1 aliphatic heterocycles. The van der Waals surface area contributed by atoms with Crippen LogP contribution in [0.25, 0.3) is 12.2 Å². The van der Waals surface area contributed by atoms with E-state index in [1.165, 1.54) is 28.7 Å². The van der Waals surface area contributed by atoms with Gasteiger partial charge in [0.15, 0.2) is 0 Å². The van der Waals surface area contributed by atoms with Crippen molar-refractivity contribution in [3.63, 3.8) is 0 Å².